The summed E-state index contributed by atoms with van der Waals surface area (Å²) in [5.74, 6) is 1.53. The highest BCUT2D eigenvalue weighted by Crippen LogP contribution is 2.78. The monoisotopic (exact) mass is 907 g/mol. The fraction of sp³-hybridized carbons (Fsp3) is 0.171. The SMILES string of the molecule is CC1(C)c2ccccc2-c2cccc(-c3ccc(N(c4ccc(-c5ccccc5)cc4)c4ccc5c(c4)C(C)(C)C4C6C=C(c7cccc8c7-c7cccc9c7C87CC7c7ccccc7-9)C=CC564)cc3)c21. The molecule has 0 saturated heterocycles. The largest absolute Gasteiger partial charge is 0.310 e. The first kappa shape index (κ1) is 40.0. The highest BCUT2D eigenvalue weighted by Gasteiger charge is 2.74. The molecule has 2 fully saturated rings. The second kappa shape index (κ2) is 13.6. The van der Waals surface area contributed by atoms with Gasteiger partial charge in [-0.1, -0.05) is 210 Å². The first-order valence-electron chi connectivity index (χ1n) is 25.9. The second-order valence-corrected chi connectivity index (χ2v) is 22.8. The summed E-state index contributed by atoms with van der Waals surface area (Å²) in [6.07, 6.45) is 9.02. The maximum Gasteiger partial charge on any atom is 0.0464 e. The van der Waals surface area contributed by atoms with Crippen molar-refractivity contribution in [3.05, 3.63) is 263 Å². The van der Waals surface area contributed by atoms with Crippen LogP contribution in [0.4, 0.5) is 17.1 Å². The van der Waals surface area contributed by atoms with E-state index in [1.165, 1.54) is 107 Å². The van der Waals surface area contributed by atoms with Gasteiger partial charge in [-0.2, -0.15) is 0 Å². The van der Waals surface area contributed by atoms with Crippen LogP contribution in [0.2, 0.25) is 0 Å². The first-order chi connectivity index (χ1) is 34.7. The molecule has 0 radical (unpaired) electrons. The van der Waals surface area contributed by atoms with Gasteiger partial charge in [0.25, 0.3) is 0 Å². The number of hydrogen-bond donors (Lipinski definition) is 0. The Kier molecular flexibility index (Phi) is 7.65. The summed E-state index contributed by atoms with van der Waals surface area (Å²) in [5.41, 5.74) is 30.3. The van der Waals surface area contributed by atoms with Gasteiger partial charge in [0, 0.05) is 33.3 Å². The summed E-state index contributed by atoms with van der Waals surface area (Å²) in [7, 11) is 0. The first-order valence-corrected chi connectivity index (χ1v) is 25.9. The maximum atomic E-state index is 2.68. The van der Waals surface area contributed by atoms with Gasteiger partial charge in [-0.15, -0.1) is 0 Å². The molecule has 7 aliphatic rings. The third-order valence-electron chi connectivity index (χ3n) is 18.9. The van der Waals surface area contributed by atoms with Crippen molar-refractivity contribution in [3.63, 3.8) is 0 Å². The van der Waals surface area contributed by atoms with Crippen LogP contribution in [-0.4, -0.2) is 0 Å². The van der Waals surface area contributed by atoms with Crippen molar-refractivity contribution in [1.29, 1.82) is 0 Å². The lowest BCUT2D eigenvalue weighted by Gasteiger charge is -2.30. The molecule has 0 aliphatic heterocycles. The minimum Gasteiger partial charge on any atom is -0.310 e. The van der Waals surface area contributed by atoms with E-state index in [-0.39, 0.29) is 21.7 Å². The molecule has 0 aromatic heterocycles. The molecule has 7 aliphatic carbocycles. The lowest BCUT2D eigenvalue weighted by atomic mass is 9.77. The molecule has 2 saturated carbocycles. The van der Waals surface area contributed by atoms with Gasteiger partial charge in [-0.05, 0) is 172 Å². The van der Waals surface area contributed by atoms with E-state index in [9.17, 15) is 0 Å². The summed E-state index contributed by atoms with van der Waals surface area (Å²) in [4.78, 5) is 2.48. The van der Waals surface area contributed by atoms with E-state index < -0.39 is 0 Å². The van der Waals surface area contributed by atoms with Crippen LogP contribution in [0.1, 0.15) is 84.5 Å². The topological polar surface area (TPSA) is 3.24 Å². The maximum absolute atomic E-state index is 2.68. The predicted octanol–water partition coefficient (Wildman–Crippen LogP) is 17.7. The van der Waals surface area contributed by atoms with Crippen LogP contribution < -0.4 is 4.90 Å². The summed E-state index contributed by atoms with van der Waals surface area (Å²) < 4.78 is 0. The Hall–Kier alpha value is -7.74. The number of nitrogens with zero attached hydrogens (tertiary/aromatic N) is 1. The number of fused-ring (bicyclic) bond motifs is 10. The van der Waals surface area contributed by atoms with Gasteiger partial charge < -0.3 is 4.90 Å². The Morgan fingerprint density at radius 3 is 1.82 bits per heavy atom. The van der Waals surface area contributed by atoms with Crippen molar-refractivity contribution in [2.24, 2.45) is 11.8 Å². The van der Waals surface area contributed by atoms with E-state index in [1.54, 1.807) is 11.1 Å². The molecule has 1 heteroatoms. The average molecular weight is 908 g/mol. The zero-order valence-electron chi connectivity index (χ0n) is 40.7. The summed E-state index contributed by atoms with van der Waals surface area (Å²) in [6.45, 7) is 9.80. The fourth-order valence-electron chi connectivity index (χ4n) is 15.8. The van der Waals surface area contributed by atoms with Crippen LogP contribution in [0.5, 0.6) is 0 Å². The molecule has 5 unspecified atom stereocenters. The van der Waals surface area contributed by atoms with Gasteiger partial charge in [0.15, 0.2) is 0 Å². The van der Waals surface area contributed by atoms with Gasteiger partial charge in [-0.3, -0.25) is 0 Å². The van der Waals surface area contributed by atoms with E-state index in [4.69, 9.17) is 0 Å². The molecule has 0 amide bonds. The smallest absolute Gasteiger partial charge is 0.0464 e. The number of benzene rings is 9. The minimum atomic E-state index is -0.0871. The summed E-state index contributed by atoms with van der Waals surface area (Å²) >= 11 is 0. The Bertz CT molecular complexity index is 3860. The van der Waals surface area contributed by atoms with Gasteiger partial charge in [0.05, 0.1) is 0 Å². The van der Waals surface area contributed by atoms with E-state index in [1.807, 2.05) is 0 Å². The van der Waals surface area contributed by atoms with Crippen LogP contribution in [0.15, 0.2) is 218 Å². The zero-order chi connectivity index (χ0) is 47.2. The van der Waals surface area contributed by atoms with Crippen LogP contribution in [0.3, 0.4) is 0 Å². The zero-order valence-corrected chi connectivity index (χ0v) is 40.7. The highest BCUT2D eigenvalue weighted by atomic mass is 15.1. The highest BCUT2D eigenvalue weighted by molar-refractivity contribution is 6.00. The van der Waals surface area contributed by atoms with Crippen LogP contribution >= 0.6 is 0 Å². The molecule has 9 aromatic carbocycles. The van der Waals surface area contributed by atoms with Crippen molar-refractivity contribution < 1.29 is 0 Å². The van der Waals surface area contributed by atoms with Crippen molar-refractivity contribution in [2.75, 3.05) is 4.90 Å². The Morgan fingerprint density at radius 1 is 0.437 bits per heavy atom. The quantitative estimate of drug-likeness (QED) is 0.161. The van der Waals surface area contributed by atoms with Crippen molar-refractivity contribution in [1.82, 2.24) is 0 Å². The second-order valence-electron chi connectivity index (χ2n) is 22.8. The Morgan fingerprint density at radius 2 is 1.03 bits per heavy atom. The number of hydrogen-bond acceptors (Lipinski definition) is 1. The third-order valence-corrected chi connectivity index (χ3v) is 18.9. The molecule has 2 spiro atoms. The Labute approximate surface area is 417 Å². The average Bonchev–Trinajstić information content (AvgIpc) is 4.32. The summed E-state index contributed by atoms with van der Waals surface area (Å²) in [6, 6.07) is 76.0. The molecular formula is C70H53N. The molecule has 16 rings (SSSR count). The van der Waals surface area contributed by atoms with Crippen molar-refractivity contribution in [2.45, 2.75) is 61.7 Å². The number of allylic oxidation sites excluding steroid dienone is 4. The fourth-order valence-corrected chi connectivity index (χ4v) is 15.8. The number of anilines is 3. The van der Waals surface area contributed by atoms with Gasteiger partial charge in [-0.25, -0.2) is 0 Å². The minimum absolute atomic E-state index is 0.0183. The summed E-state index contributed by atoms with van der Waals surface area (Å²) in [5, 5.41) is 0. The van der Waals surface area contributed by atoms with Gasteiger partial charge >= 0.3 is 0 Å². The van der Waals surface area contributed by atoms with E-state index in [0.29, 0.717) is 17.8 Å². The lowest BCUT2D eigenvalue weighted by molar-refractivity contribution is 0.448. The molecule has 71 heavy (non-hydrogen) atoms. The molecule has 0 heterocycles. The molecule has 1 nitrogen and oxygen atoms in total. The molecule has 9 aromatic rings. The molecule has 5 atom stereocenters. The van der Waals surface area contributed by atoms with Crippen LogP contribution in [0, 0.1) is 11.8 Å². The Balaban J connectivity index is 0.770. The predicted molar refractivity (Wildman–Crippen MR) is 294 cm³/mol. The van der Waals surface area contributed by atoms with E-state index in [0.717, 1.165) is 11.4 Å². The van der Waals surface area contributed by atoms with E-state index in [2.05, 4.69) is 251 Å². The molecular weight excluding hydrogens is 855 g/mol. The van der Waals surface area contributed by atoms with E-state index >= 15 is 0 Å². The molecule has 338 valence electrons. The standard InChI is InChI=1S/C70H53N/c1-67(2)57-25-11-10-19-53(57)55-23-12-21-50(64(55)67)44-29-33-47(34-30-44)71(46-31-27-43(28-32-46)42-15-6-5-7-16-42)48-35-36-58-60(40-48)68(3,4)66-61-39-45(37-38-69(58,61)66)49-20-14-26-59-63(49)56-24-13-22-54-51-17-8-9-18-52(51)62-41-70(59,62)65(54)56/h5-40,61-62,66H,41H2,1-4H3. The normalized spacial score (nSPS) is 23.7. The molecule has 0 N–H and O–H groups in total. The number of rotatable bonds is 6. The lowest BCUT2D eigenvalue weighted by Crippen LogP contribution is -2.20. The van der Waals surface area contributed by atoms with Crippen molar-refractivity contribution >= 4 is 22.6 Å². The van der Waals surface area contributed by atoms with Gasteiger partial charge in [0.1, 0.15) is 0 Å². The van der Waals surface area contributed by atoms with Crippen molar-refractivity contribution in [3.8, 4) is 55.6 Å². The van der Waals surface area contributed by atoms with Crippen LogP contribution in [-0.2, 0) is 21.7 Å². The molecule has 0 bridgehead atoms. The third kappa shape index (κ3) is 5.02. The van der Waals surface area contributed by atoms with Crippen LogP contribution in [0.25, 0.3) is 61.2 Å². The van der Waals surface area contributed by atoms with Gasteiger partial charge in [0.2, 0.25) is 0 Å².